The molecule has 1 amide bonds. The second-order valence-corrected chi connectivity index (χ2v) is 15.7. The second kappa shape index (κ2) is 41.5. The van der Waals surface area contributed by atoms with Crippen molar-refractivity contribution in [1.82, 2.24) is 5.32 Å². The van der Waals surface area contributed by atoms with Gasteiger partial charge in [0.05, 0.1) is 12.6 Å². The van der Waals surface area contributed by atoms with Crippen molar-refractivity contribution in [2.24, 2.45) is 0 Å². The summed E-state index contributed by atoms with van der Waals surface area (Å²) in [6.07, 6.45) is 48.7. The molecule has 1 atom stereocenters. The van der Waals surface area contributed by atoms with Crippen LogP contribution < -0.4 is 5.32 Å². The molecule has 0 heterocycles. The smallest absolute Gasteiger partial charge is 0.220 e. The minimum absolute atomic E-state index is 0.0508. The zero-order valence-corrected chi connectivity index (χ0v) is 33.6. The van der Waals surface area contributed by atoms with Gasteiger partial charge in [-0.1, -0.05) is 219 Å². The topological polar surface area (TPSA) is 66.4 Å². The van der Waals surface area contributed by atoms with Gasteiger partial charge in [-0.2, -0.15) is 0 Å². The average Bonchev–Trinajstić information content (AvgIpc) is 3.10. The molecule has 4 heteroatoms. The third-order valence-corrected chi connectivity index (χ3v) is 10.7. The first-order valence-corrected chi connectivity index (χ1v) is 22.6. The lowest BCUT2D eigenvalue weighted by Gasteiger charge is -2.16. The number of amides is 1. The third kappa shape index (κ3) is 39.7. The Bertz CT molecular complexity index is 666. The van der Waals surface area contributed by atoms with Crippen LogP contribution in [0.5, 0.6) is 0 Å². The van der Waals surface area contributed by atoms with E-state index in [-0.39, 0.29) is 18.6 Å². The molecule has 0 saturated carbocycles. The molecule has 0 aromatic carbocycles. The molecule has 292 valence electrons. The zero-order valence-electron chi connectivity index (χ0n) is 33.6. The van der Waals surface area contributed by atoms with Gasteiger partial charge in [-0.05, 0) is 25.7 Å². The van der Waals surface area contributed by atoms with Crippen LogP contribution in [0, 0.1) is 0 Å². The van der Waals surface area contributed by atoms with E-state index < -0.39 is 0 Å². The van der Waals surface area contributed by atoms with Gasteiger partial charge in [-0.3, -0.25) is 9.59 Å². The predicted molar refractivity (Wildman–Crippen MR) is 215 cm³/mol. The summed E-state index contributed by atoms with van der Waals surface area (Å²) in [5.41, 5.74) is 0. The van der Waals surface area contributed by atoms with Gasteiger partial charge in [-0.25, -0.2) is 0 Å². The van der Waals surface area contributed by atoms with Gasteiger partial charge in [-0.15, -0.1) is 0 Å². The molecule has 0 fully saturated rings. The third-order valence-electron chi connectivity index (χ3n) is 10.7. The number of Topliss-reactive ketones (excluding diaryl/α,β-unsaturated/α-hetero) is 1. The minimum atomic E-state index is -0.0777. The predicted octanol–water partition coefficient (Wildman–Crippen LogP) is 14.3. The maximum absolute atomic E-state index is 12.4. The van der Waals surface area contributed by atoms with E-state index in [0.717, 1.165) is 51.4 Å². The molecular formula is C45H89NO3. The number of carbonyl (C=O) groups is 2. The Morgan fingerprint density at radius 1 is 0.388 bits per heavy atom. The first-order chi connectivity index (χ1) is 24.1. The Morgan fingerprint density at radius 3 is 0.959 bits per heavy atom. The normalized spacial score (nSPS) is 12.1. The average molecular weight is 692 g/mol. The standard InChI is InChI=1S/C45H89NO3/c1-3-5-7-9-11-13-15-17-19-20-22-26-30-34-38-43(42-47)46-45(49)41-37-33-29-25-24-28-32-36-40-44(48)39-35-31-27-23-21-18-16-14-12-10-8-6-4-2/h43,47H,3-42H2,1-2H3,(H,46,49). The summed E-state index contributed by atoms with van der Waals surface area (Å²) >= 11 is 0. The van der Waals surface area contributed by atoms with Crippen LogP contribution in [0.25, 0.3) is 0 Å². The highest BCUT2D eigenvalue weighted by Gasteiger charge is 2.11. The van der Waals surface area contributed by atoms with Crippen molar-refractivity contribution >= 4 is 11.7 Å². The first kappa shape index (κ1) is 48.1. The summed E-state index contributed by atoms with van der Waals surface area (Å²) in [4.78, 5) is 24.6. The molecule has 0 aliphatic heterocycles. The van der Waals surface area contributed by atoms with Gasteiger partial charge < -0.3 is 10.4 Å². The Hall–Kier alpha value is -0.900. The van der Waals surface area contributed by atoms with Crippen molar-refractivity contribution in [3.05, 3.63) is 0 Å². The van der Waals surface area contributed by atoms with E-state index in [4.69, 9.17) is 0 Å². The fourth-order valence-corrected chi connectivity index (χ4v) is 7.23. The maximum atomic E-state index is 12.4. The molecule has 0 radical (unpaired) electrons. The summed E-state index contributed by atoms with van der Waals surface area (Å²) in [7, 11) is 0. The molecule has 0 spiro atoms. The van der Waals surface area contributed by atoms with Crippen LogP contribution >= 0.6 is 0 Å². The number of nitrogens with one attached hydrogen (secondary N) is 1. The van der Waals surface area contributed by atoms with Crippen LogP contribution in [-0.2, 0) is 9.59 Å². The Kier molecular flexibility index (Phi) is 40.8. The van der Waals surface area contributed by atoms with E-state index in [2.05, 4.69) is 19.2 Å². The van der Waals surface area contributed by atoms with Crippen LogP contribution in [0.2, 0.25) is 0 Å². The van der Waals surface area contributed by atoms with Crippen molar-refractivity contribution in [1.29, 1.82) is 0 Å². The van der Waals surface area contributed by atoms with E-state index in [1.807, 2.05) is 0 Å². The van der Waals surface area contributed by atoms with E-state index in [0.29, 0.717) is 12.2 Å². The lowest BCUT2D eigenvalue weighted by Crippen LogP contribution is -2.37. The van der Waals surface area contributed by atoms with Crippen molar-refractivity contribution in [2.45, 2.75) is 270 Å². The summed E-state index contributed by atoms with van der Waals surface area (Å²) in [6.45, 7) is 4.61. The van der Waals surface area contributed by atoms with Crippen LogP contribution in [0.4, 0.5) is 0 Å². The summed E-state index contributed by atoms with van der Waals surface area (Å²) in [5.74, 6) is 0.581. The van der Waals surface area contributed by atoms with Crippen LogP contribution in [0.1, 0.15) is 264 Å². The summed E-state index contributed by atoms with van der Waals surface area (Å²) in [5, 5.41) is 12.8. The lowest BCUT2D eigenvalue weighted by atomic mass is 10.0. The minimum Gasteiger partial charge on any atom is -0.394 e. The highest BCUT2D eigenvalue weighted by molar-refractivity contribution is 5.78. The van der Waals surface area contributed by atoms with Crippen LogP contribution in [-0.4, -0.2) is 29.4 Å². The number of carbonyl (C=O) groups excluding carboxylic acids is 2. The molecule has 1 unspecified atom stereocenters. The zero-order chi connectivity index (χ0) is 35.7. The molecule has 49 heavy (non-hydrogen) atoms. The summed E-state index contributed by atoms with van der Waals surface area (Å²) < 4.78 is 0. The molecular weight excluding hydrogens is 602 g/mol. The first-order valence-electron chi connectivity index (χ1n) is 22.6. The van der Waals surface area contributed by atoms with Gasteiger partial charge in [0.25, 0.3) is 0 Å². The Morgan fingerprint density at radius 2 is 0.653 bits per heavy atom. The Labute approximate surface area is 307 Å². The largest absolute Gasteiger partial charge is 0.394 e. The molecule has 0 aromatic heterocycles. The molecule has 0 aliphatic carbocycles. The maximum Gasteiger partial charge on any atom is 0.220 e. The van der Waals surface area contributed by atoms with Crippen molar-refractivity contribution < 1.29 is 14.7 Å². The lowest BCUT2D eigenvalue weighted by molar-refractivity contribution is -0.122. The molecule has 2 N–H and O–H groups in total. The van der Waals surface area contributed by atoms with Crippen LogP contribution in [0.3, 0.4) is 0 Å². The SMILES string of the molecule is CCCCCCCCCCCCCCCCC(CO)NC(=O)CCCCCCCCCCC(=O)CCCCCCCCCCCCCCC. The van der Waals surface area contributed by atoms with Crippen LogP contribution in [0.15, 0.2) is 0 Å². The van der Waals surface area contributed by atoms with E-state index in [1.165, 1.54) is 193 Å². The van der Waals surface area contributed by atoms with Gasteiger partial charge in [0, 0.05) is 19.3 Å². The fourth-order valence-electron chi connectivity index (χ4n) is 7.23. The van der Waals surface area contributed by atoms with Gasteiger partial charge >= 0.3 is 0 Å². The number of aliphatic hydroxyl groups is 1. The van der Waals surface area contributed by atoms with E-state index in [9.17, 15) is 14.7 Å². The highest BCUT2D eigenvalue weighted by atomic mass is 16.3. The number of ketones is 1. The number of hydrogen-bond acceptors (Lipinski definition) is 3. The molecule has 0 saturated heterocycles. The van der Waals surface area contributed by atoms with Gasteiger partial charge in [0.15, 0.2) is 0 Å². The fraction of sp³-hybridized carbons (Fsp3) is 0.956. The van der Waals surface area contributed by atoms with E-state index in [1.54, 1.807) is 0 Å². The molecule has 0 aromatic rings. The molecule has 0 rings (SSSR count). The molecule has 0 aliphatic rings. The Balaban J connectivity index is 3.41. The second-order valence-electron chi connectivity index (χ2n) is 15.7. The van der Waals surface area contributed by atoms with Gasteiger partial charge in [0.1, 0.15) is 5.78 Å². The van der Waals surface area contributed by atoms with Crippen molar-refractivity contribution in [3.8, 4) is 0 Å². The number of rotatable bonds is 42. The van der Waals surface area contributed by atoms with Crippen molar-refractivity contribution in [2.75, 3.05) is 6.61 Å². The number of aliphatic hydroxyl groups excluding tert-OH is 1. The van der Waals surface area contributed by atoms with Crippen molar-refractivity contribution in [3.63, 3.8) is 0 Å². The number of unbranched alkanes of at least 4 members (excludes halogenated alkanes) is 32. The number of hydrogen-bond donors (Lipinski definition) is 2. The monoisotopic (exact) mass is 692 g/mol. The van der Waals surface area contributed by atoms with Gasteiger partial charge in [0.2, 0.25) is 5.91 Å². The highest BCUT2D eigenvalue weighted by Crippen LogP contribution is 2.16. The van der Waals surface area contributed by atoms with E-state index >= 15 is 0 Å². The quantitative estimate of drug-likeness (QED) is 0.0626. The molecule has 4 nitrogen and oxygen atoms in total. The molecule has 0 bridgehead atoms. The summed E-state index contributed by atoms with van der Waals surface area (Å²) in [6, 6.07) is -0.0777.